The molecule has 1 aromatic rings. The summed E-state index contributed by atoms with van der Waals surface area (Å²) >= 11 is 0. The molecule has 0 bridgehead atoms. The minimum atomic E-state index is 0.647. The van der Waals surface area contributed by atoms with Gasteiger partial charge in [0.15, 0.2) is 0 Å². The Labute approximate surface area is 154 Å². The van der Waals surface area contributed by atoms with Crippen molar-refractivity contribution >= 4 is 0 Å². The van der Waals surface area contributed by atoms with E-state index in [9.17, 15) is 0 Å². The second-order valence-corrected chi connectivity index (χ2v) is 8.85. The molecule has 1 N–H and O–H groups in total. The summed E-state index contributed by atoms with van der Waals surface area (Å²) in [5.41, 5.74) is 1.54. The van der Waals surface area contributed by atoms with Crippen LogP contribution in [0, 0.1) is 5.92 Å². The number of likely N-dealkylation sites (tertiary alicyclic amines) is 1. The lowest BCUT2D eigenvalue weighted by Gasteiger charge is -2.29. The molecule has 0 amide bonds. The predicted molar refractivity (Wildman–Crippen MR) is 106 cm³/mol. The van der Waals surface area contributed by atoms with E-state index in [1.165, 1.54) is 83.8 Å². The van der Waals surface area contributed by atoms with E-state index >= 15 is 0 Å². The van der Waals surface area contributed by atoms with Crippen LogP contribution in [0.1, 0.15) is 75.7 Å². The van der Waals surface area contributed by atoms with Crippen LogP contribution in [0.4, 0.5) is 0 Å². The van der Waals surface area contributed by atoms with Gasteiger partial charge in [-0.3, -0.25) is 0 Å². The molecular formula is C23H36N2. The maximum Gasteiger partial charge on any atom is 0.0278 e. The number of rotatable bonds is 5. The SMILES string of the molecule is c1ccc([C@@H]2CN(CC3CCCCC3)C[C@H]2NC2CCCCC2)cc1. The van der Waals surface area contributed by atoms with Crippen molar-refractivity contribution in [3.63, 3.8) is 0 Å². The van der Waals surface area contributed by atoms with Gasteiger partial charge in [-0.25, -0.2) is 0 Å². The van der Waals surface area contributed by atoms with Crippen LogP contribution in [0.15, 0.2) is 30.3 Å². The van der Waals surface area contributed by atoms with E-state index in [0.29, 0.717) is 12.0 Å². The van der Waals surface area contributed by atoms with Crippen LogP contribution in [0.3, 0.4) is 0 Å². The Kier molecular flexibility index (Phi) is 6.10. The topological polar surface area (TPSA) is 15.3 Å². The molecule has 0 unspecified atom stereocenters. The minimum absolute atomic E-state index is 0.647. The maximum atomic E-state index is 4.09. The smallest absolute Gasteiger partial charge is 0.0278 e. The Hall–Kier alpha value is -0.860. The summed E-state index contributed by atoms with van der Waals surface area (Å²) in [4.78, 5) is 2.79. The van der Waals surface area contributed by atoms with Gasteiger partial charge < -0.3 is 10.2 Å². The Bertz CT molecular complexity index is 502. The zero-order valence-corrected chi connectivity index (χ0v) is 15.8. The van der Waals surface area contributed by atoms with Crippen LogP contribution in [0.2, 0.25) is 0 Å². The summed E-state index contributed by atoms with van der Waals surface area (Å²) in [6.45, 7) is 3.85. The summed E-state index contributed by atoms with van der Waals surface area (Å²) in [5, 5.41) is 4.09. The van der Waals surface area contributed by atoms with Gasteiger partial charge in [0.2, 0.25) is 0 Å². The summed E-state index contributed by atoms with van der Waals surface area (Å²) in [6, 6.07) is 12.7. The number of hydrogen-bond acceptors (Lipinski definition) is 2. The lowest BCUT2D eigenvalue weighted by Crippen LogP contribution is -2.43. The molecule has 2 saturated carbocycles. The zero-order valence-electron chi connectivity index (χ0n) is 15.8. The van der Waals surface area contributed by atoms with Crippen molar-refractivity contribution in [2.45, 2.75) is 82.2 Å². The van der Waals surface area contributed by atoms with Crippen LogP contribution in [0.25, 0.3) is 0 Å². The molecule has 0 radical (unpaired) electrons. The van der Waals surface area contributed by atoms with Gasteiger partial charge in [-0.15, -0.1) is 0 Å². The number of hydrogen-bond donors (Lipinski definition) is 1. The molecule has 1 aromatic carbocycles. The Morgan fingerprint density at radius 3 is 2.20 bits per heavy atom. The molecule has 2 heteroatoms. The van der Waals surface area contributed by atoms with E-state index in [4.69, 9.17) is 0 Å². The fourth-order valence-electron chi connectivity index (χ4n) is 5.55. The molecule has 3 fully saturated rings. The van der Waals surface area contributed by atoms with Crippen LogP contribution in [-0.2, 0) is 0 Å². The first-order valence-electron chi connectivity index (χ1n) is 10.9. The first kappa shape index (κ1) is 17.5. The van der Waals surface area contributed by atoms with Gasteiger partial charge in [-0.1, -0.05) is 68.9 Å². The van der Waals surface area contributed by atoms with Crippen LogP contribution >= 0.6 is 0 Å². The predicted octanol–water partition coefficient (Wildman–Crippen LogP) is 4.96. The average Bonchev–Trinajstić information content (AvgIpc) is 3.06. The number of nitrogens with zero attached hydrogens (tertiary/aromatic N) is 1. The molecule has 138 valence electrons. The van der Waals surface area contributed by atoms with E-state index in [1.54, 1.807) is 5.56 Å². The average molecular weight is 341 g/mol. The summed E-state index contributed by atoms with van der Waals surface area (Å²) in [5.74, 6) is 1.63. The lowest BCUT2D eigenvalue weighted by atomic mass is 9.89. The minimum Gasteiger partial charge on any atom is -0.309 e. The molecule has 1 aliphatic heterocycles. The van der Waals surface area contributed by atoms with Crippen molar-refractivity contribution < 1.29 is 0 Å². The van der Waals surface area contributed by atoms with Gasteiger partial charge in [0.25, 0.3) is 0 Å². The normalized spacial score (nSPS) is 29.9. The van der Waals surface area contributed by atoms with Crippen molar-refractivity contribution in [2.24, 2.45) is 5.92 Å². The third-order valence-corrected chi connectivity index (χ3v) is 6.92. The molecule has 1 heterocycles. The highest BCUT2D eigenvalue weighted by Gasteiger charge is 2.35. The van der Waals surface area contributed by atoms with Gasteiger partial charge in [0.1, 0.15) is 0 Å². The molecule has 4 rings (SSSR count). The van der Waals surface area contributed by atoms with Gasteiger partial charge in [0, 0.05) is 37.6 Å². The molecule has 3 aliphatic rings. The van der Waals surface area contributed by atoms with E-state index < -0.39 is 0 Å². The highest BCUT2D eigenvalue weighted by Crippen LogP contribution is 2.32. The van der Waals surface area contributed by atoms with Gasteiger partial charge in [-0.05, 0) is 37.2 Å². The fraction of sp³-hybridized carbons (Fsp3) is 0.739. The number of benzene rings is 1. The molecule has 2 nitrogen and oxygen atoms in total. The van der Waals surface area contributed by atoms with E-state index in [0.717, 1.165) is 12.0 Å². The summed E-state index contributed by atoms with van der Waals surface area (Å²) in [7, 11) is 0. The number of nitrogens with one attached hydrogen (secondary N) is 1. The van der Waals surface area contributed by atoms with Crippen molar-refractivity contribution in [3.05, 3.63) is 35.9 Å². The molecule has 2 atom stereocenters. The summed E-state index contributed by atoms with van der Waals surface area (Å²) < 4.78 is 0. The van der Waals surface area contributed by atoms with Crippen molar-refractivity contribution in [1.29, 1.82) is 0 Å². The van der Waals surface area contributed by atoms with Crippen molar-refractivity contribution in [2.75, 3.05) is 19.6 Å². The second kappa shape index (κ2) is 8.68. The zero-order chi connectivity index (χ0) is 16.9. The largest absolute Gasteiger partial charge is 0.309 e. The van der Waals surface area contributed by atoms with Crippen LogP contribution < -0.4 is 5.32 Å². The maximum absolute atomic E-state index is 4.09. The molecule has 2 aliphatic carbocycles. The molecule has 0 spiro atoms. The first-order chi connectivity index (χ1) is 12.4. The van der Waals surface area contributed by atoms with Crippen molar-refractivity contribution in [1.82, 2.24) is 10.2 Å². The Morgan fingerprint density at radius 2 is 1.48 bits per heavy atom. The highest BCUT2D eigenvalue weighted by atomic mass is 15.2. The monoisotopic (exact) mass is 340 g/mol. The van der Waals surface area contributed by atoms with Gasteiger partial charge in [-0.2, -0.15) is 0 Å². The first-order valence-corrected chi connectivity index (χ1v) is 10.9. The molecule has 0 aromatic heterocycles. The molecule has 25 heavy (non-hydrogen) atoms. The molecule has 1 saturated heterocycles. The second-order valence-electron chi connectivity index (χ2n) is 8.85. The highest BCUT2D eigenvalue weighted by molar-refractivity contribution is 5.24. The summed E-state index contributed by atoms with van der Waals surface area (Å²) in [6.07, 6.45) is 14.4. The Morgan fingerprint density at radius 1 is 0.800 bits per heavy atom. The lowest BCUT2D eigenvalue weighted by molar-refractivity contribution is 0.226. The van der Waals surface area contributed by atoms with E-state index in [2.05, 4.69) is 40.5 Å². The van der Waals surface area contributed by atoms with E-state index in [1.807, 2.05) is 0 Å². The van der Waals surface area contributed by atoms with Crippen LogP contribution in [0.5, 0.6) is 0 Å². The quantitative estimate of drug-likeness (QED) is 0.815. The van der Waals surface area contributed by atoms with Crippen molar-refractivity contribution in [3.8, 4) is 0 Å². The van der Waals surface area contributed by atoms with Gasteiger partial charge in [0.05, 0.1) is 0 Å². The van der Waals surface area contributed by atoms with E-state index in [-0.39, 0.29) is 0 Å². The Balaban J connectivity index is 1.41. The van der Waals surface area contributed by atoms with Gasteiger partial charge >= 0.3 is 0 Å². The third kappa shape index (κ3) is 4.65. The fourth-order valence-corrected chi connectivity index (χ4v) is 5.55. The molecular weight excluding hydrogens is 304 g/mol. The third-order valence-electron chi connectivity index (χ3n) is 6.92. The standard InChI is InChI=1S/C23H36N2/c1-4-10-19(11-5-1)16-25-17-22(20-12-6-2-7-13-20)23(18-25)24-21-14-8-3-9-15-21/h2,6-7,12-13,19,21-24H,1,3-5,8-11,14-18H2/t22-,23+/m0/s1. The van der Waals surface area contributed by atoms with Crippen LogP contribution in [-0.4, -0.2) is 36.6 Å².